The Morgan fingerprint density at radius 2 is 2.00 bits per heavy atom. The normalized spacial score (nSPS) is 11.4. The van der Waals surface area contributed by atoms with Gasteiger partial charge in [-0.05, 0) is 55.4 Å². The van der Waals surface area contributed by atoms with Crippen LogP contribution in [0.2, 0.25) is 0 Å². The summed E-state index contributed by atoms with van der Waals surface area (Å²) < 4.78 is 5.01. The second kappa shape index (κ2) is 8.02. The number of methoxy groups -OCH3 is 1. The molecule has 0 amide bonds. The first-order valence-corrected chi connectivity index (χ1v) is 8.52. The molecule has 0 bridgehead atoms. The van der Waals surface area contributed by atoms with Gasteiger partial charge in [0.25, 0.3) is 0 Å². The van der Waals surface area contributed by atoms with Crippen molar-refractivity contribution in [1.82, 2.24) is 9.97 Å². The molecule has 0 unspecified atom stereocenters. The fourth-order valence-electron chi connectivity index (χ4n) is 2.23. The number of anilines is 1. The van der Waals surface area contributed by atoms with Crippen LogP contribution in [-0.2, 0) is 6.42 Å². The van der Waals surface area contributed by atoms with Gasteiger partial charge >= 0.3 is 0 Å². The number of nitrogens with zero attached hydrogens (tertiary/aromatic N) is 2. The van der Waals surface area contributed by atoms with Gasteiger partial charge in [-0.1, -0.05) is 30.0 Å². The Kier molecular flexibility index (Phi) is 6.04. The lowest BCUT2D eigenvalue weighted by atomic mass is 9.99. The van der Waals surface area contributed by atoms with Crippen molar-refractivity contribution >= 4 is 22.4 Å². The lowest BCUT2D eigenvalue weighted by Gasteiger charge is -2.10. The molecule has 1 aromatic heterocycles. The number of allylic oxidation sites excluding steroid dienone is 1. The van der Waals surface area contributed by atoms with Crippen molar-refractivity contribution in [3.63, 3.8) is 0 Å². The number of hydrogen-bond acceptors (Lipinski definition) is 5. The van der Waals surface area contributed by atoms with Crippen LogP contribution >= 0.6 is 11.8 Å². The van der Waals surface area contributed by atoms with Crippen molar-refractivity contribution in [2.45, 2.75) is 27.2 Å². The molecule has 0 aliphatic carbocycles. The van der Waals surface area contributed by atoms with Crippen LogP contribution in [0.5, 0.6) is 5.88 Å². The molecule has 2 N–H and O–H groups in total. The first-order chi connectivity index (χ1) is 11.4. The van der Waals surface area contributed by atoms with E-state index in [-0.39, 0.29) is 0 Å². The Morgan fingerprint density at radius 1 is 1.25 bits per heavy atom. The summed E-state index contributed by atoms with van der Waals surface area (Å²) in [7, 11) is 1.57. The Bertz CT molecular complexity index is 767. The number of thioether (sulfide) groups is 1. The van der Waals surface area contributed by atoms with Gasteiger partial charge < -0.3 is 10.5 Å². The Balaban J connectivity index is 2.03. The molecule has 0 radical (unpaired) electrons. The third kappa shape index (κ3) is 4.61. The second-order valence-corrected chi connectivity index (χ2v) is 6.73. The van der Waals surface area contributed by atoms with E-state index < -0.39 is 0 Å². The molecule has 1 aromatic carbocycles. The summed E-state index contributed by atoms with van der Waals surface area (Å²) >= 11 is 1.56. The number of rotatable bonds is 6. The molecule has 0 saturated heterocycles. The molecule has 0 spiro atoms. The molecule has 1 heterocycles. The van der Waals surface area contributed by atoms with Gasteiger partial charge in [0, 0.05) is 10.6 Å². The van der Waals surface area contributed by atoms with Crippen molar-refractivity contribution < 1.29 is 4.74 Å². The van der Waals surface area contributed by atoms with Gasteiger partial charge in [0.15, 0.2) is 0 Å². The quantitative estimate of drug-likeness (QED) is 0.782. The monoisotopic (exact) mass is 341 g/mol. The molecular formula is C19H23N3OS. The van der Waals surface area contributed by atoms with Crippen LogP contribution in [-0.4, -0.2) is 17.1 Å². The molecule has 2 aromatic rings. The molecule has 0 saturated carbocycles. The zero-order valence-corrected chi connectivity index (χ0v) is 15.4. The highest BCUT2D eigenvalue weighted by Gasteiger charge is 2.05. The van der Waals surface area contributed by atoms with Gasteiger partial charge in [0.2, 0.25) is 5.88 Å². The van der Waals surface area contributed by atoms with Crippen molar-refractivity contribution in [1.29, 1.82) is 0 Å². The highest BCUT2D eigenvalue weighted by Crippen LogP contribution is 2.27. The van der Waals surface area contributed by atoms with E-state index >= 15 is 0 Å². The number of aromatic nitrogens is 2. The zero-order chi connectivity index (χ0) is 17.7. The summed E-state index contributed by atoms with van der Waals surface area (Å²) in [5, 5.41) is 2.11. The lowest BCUT2D eigenvalue weighted by Crippen LogP contribution is -1.97. The van der Waals surface area contributed by atoms with Crippen molar-refractivity contribution in [3.8, 4) is 5.88 Å². The maximum Gasteiger partial charge on any atom is 0.232 e. The molecular weight excluding hydrogens is 318 g/mol. The average Bonchev–Trinajstić information content (AvgIpc) is 2.57. The minimum Gasteiger partial charge on any atom is -0.480 e. The predicted molar refractivity (Wildman–Crippen MR) is 103 cm³/mol. The van der Waals surface area contributed by atoms with E-state index in [0.717, 1.165) is 28.3 Å². The molecule has 0 atom stereocenters. The van der Waals surface area contributed by atoms with Gasteiger partial charge in [0.1, 0.15) is 0 Å². The van der Waals surface area contributed by atoms with Crippen LogP contribution in [0.3, 0.4) is 0 Å². The summed E-state index contributed by atoms with van der Waals surface area (Å²) in [6.45, 7) is 10.3. The third-order valence-electron chi connectivity index (χ3n) is 3.72. The minimum atomic E-state index is 0.498. The Labute approximate surface area is 147 Å². The molecule has 24 heavy (non-hydrogen) atoms. The first-order valence-electron chi connectivity index (χ1n) is 7.64. The summed E-state index contributed by atoms with van der Waals surface area (Å²) in [5.74, 6) is 0.498. The second-order valence-electron chi connectivity index (χ2n) is 5.76. The van der Waals surface area contributed by atoms with E-state index in [4.69, 9.17) is 10.5 Å². The Morgan fingerprint density at radius 3 is 2.62 bits per heavy atom. The molecule has 2 rings (SSSR count). The number of nitrogen functional groups attached to an aromatic ring is 1. The van der Waals surface area contributed by atoms with Gasteiger partial charge in [-0.2, -0.15) is 0 Å². The summed E-state index contributed by atoms with van der Waals surface area (Å²) in [6, 6.07) is 4.20. The van der Waals surface area contributed by atoms with E-state index in [0.29, 0.717) is 5.88 Å². The van der Waals surface area contributed by atoms with E-state index in [1.54, 1.807) is 31.3 Å². The smallest absolute Gasteiger partial charge is 0.232 e. The van der Waals surface area contributed by atoms with Crippen molar-refractivity contribution in [2.75, 3.05) is 12.8 Å². The van der Waals surface area contributed by atoms with E-state index in [2.05, 4.69) is 41.9 Å². The van der Waals surface area contributed by atoms with Crippen LogP contribution < -0.4 is 10.5 Å². The van der Waals surface area contributed by atoms with Crippen LogP contribution in [0, 0.1) is 13.8 Å². The predicted octanol–water partition coefficient (Wildman–Crippen LogP) is 4.53. The van der Waals surface area contributed by atoms with Crippen molar-refractivity contribution in [2.24, 2.45) is 0 Å². The van der Waals surface area contributed by atoms with Gasteiger partial charge in [0.05, 0.1) is 25.2 Å². The summed E-state index contributed by atoms with van der Waals surface area (Å²) in [5.41, 5.74) is 12.4. The lowest BCUT2D eigenvalue weighted by molar-refractivity contribution is 0.395. The van der Waals surface area contributed by atoms with Crippen LogP contribution in [0.4, 0.5) is 5.69 Å². The molecule has 0 fully saturated rings. The molecule has 0 aliphatic heterocycles. The zero-order valence-electron chi connectivity index (χ0n) is 14.6. The standard InChI is InChI=1S/C19H23N3OS/c1-12(6-16-7-14(3)17(20)8-13(16)2)11-24-15(4)18-9-22-19(23-5)10-21-18/h7-11H,4,6,20H2,1-3,5H3/b12-11+. The fourth-order valence-corrected chi connectivity index (χ4v) is 2.88. The van der Waals surface area contributed by atoms with Crippen LogP contribution in [0.1, 0.15) is 29.3 Å². The number of aryl methyl sites for hydroxylation is 2. The fraction of sp³-hybridized carbons (Fsp3) is 0.263. The minimum absolute atomic E-state index is 0.498. The van der Waals surface area contributed by atoms with Crippen molar-refractivity contribution in [3.05, 3.63) is 64.5 Å². The topological polar surface area (TPSA) is 61.0 Å². The summed E-state index contributed by atoms with van der Waals surface area (Å²) in [6.07, 6.45) is 4.16. The van der Waals surface area contributed by atoms with E-state index in [9.17, 15) is 0 Å². The van der Waals surface area contributed by atoms with E-state index in [1.807, 2.05) is 13.0 Å². The first kappa shape index (κ1) is 18.1. The van der Waals surface area contributed by atoms with Gasteiger partial charge in [-0.25, -0.2) is 9.97 Å². The largest absolute Gasteiger partial charge is 0.480 e. The third-order valence-corrected chi connectivity index (χ3v) is 4.73. The number of benzene rings is 1. The molecule has 126 valence electrons. The maximum atomic E-state index is 5.95. The molecule has 0 aliphatic rings. The summed E-state index contributed by atoms with van der Waals surface area (Å²) in [4.78, 5) is 9.30. The average molecular weight is 341 g/mol. The number of hydrogen-bond donors (Lipinski definition) is 1. The highest BCUT2D eigenvalue weighted by atomic mass is 32.2. The van der Waals surface area contributed by atoms with Crippen LogP contribution in [0.15, 0.2) is 42.1 Å². The van der Waals surface area contributed by atoms with Gasteiger partial charge in [-0.3, -0.25) is 0 Å². The Hall–Kier alpha value is -2.27. The van der Waals surface area contributed by atoms with Gasteiger partial charge in [-0.15, -0.1) is 0 Å². The number of nitrogens with two attached hydrogens (primary N) is 1. The molecule has 4 nitrogen and oxygen atoms in total. The molecule has 5 heteroatoms. The SMILES string of the molecule is C=C(S/C=C(\C)Cc1cc(C)c(N)cc1C)c1cnc(OC)cn1. The maximum absolute atomic E-state index is 5.95. The van der Waals surface area contributed by atoms with E-state index in [1.165, 1.54) is 16.7 Å². The van der Waals surface area contributed by atoms with Crippen LogP contribution in [0.25, 0.3) is 4.91 Å². The number of ether oxygens (including phenoxy) is 1. The highest BCUT2D eigenvalue weighted by molar-refractivity contribution is 8.10.